The Morgan fingerprint density at radius 1 is 1.12 bits per heavy atom. The predicted molar refractivity (Wildman–Crippen MR) is 67.4 cm³/mol. The van der Waals surface area contributed by atoms with Crippen LogP contribution >= 0.6 is 0 Å². The van der Waals surface area contributed by atoms with Crippen molar-refractivity contribution in [2.24, 2.45) is 30.7 Å². The molecule has 0 saturated heterocycles. The molecule has 0 radical (unpaired) electrons. The predicted octanol–water partition coefficient (Wildman–Crippen LogP) is 2.54. The zero-order chi connectivity index (χ0) is 11.6. The van der Waals surface area contributed by atoms with Crippen LogP contribution in [0.15, 0.2) is 6.20 Å². The summed E-state index contributed by atoms with van der Waals surface area (Å²) in [6.07, 6.45) is 9.24. The highest BCUT2D eigenvalue weighted by molar-refractivity contribution is 5.44. The van der Waals surface area contributed by atoms with E-state index in [0.29, 0.717) is 5.92 Å². The van der Waals surface area contributed by atoms with Gasteiger partial charge in [-0.2, -0.15) is 5.10 Å². The van der Waals surface area contributed by atoms with Gasteiger partial charge in [-0.25, -0.2) is 0 Å². The summed E-state index contributed by atoms with van der Waals surface area (Å²) in [5.41, 5.74) is 8.27. The molecule has 2 N–H and O–H groups in total. The number of anilines is 1. The summed E-state index contributed by atoms with van der Waals surface area (Å²) in [6, 6.07) is 0. The topological polar surface area (TPSA) is 43.8 Å². The van der Waals surface area contributed by atoms with Gasteiger partial charge in [0.15, 0.2) is 0 Å². The van der Waals surface area contributed by atoms with Crippen LogP contribution in [0.4, 0.5) is 5.69 Å². The second-order valence-corrected chi connectivity index (χ2v) is 6.60. The van der Waals surface area contributed by atoms with Crippen LogP contribution in [0.2, 0.25) is 0 Å². The molecule has 3 heteroatoms. The van der Waals surface area contributed by atoms with E-state index in [2.05, 4.69) is 5.10 Å². The van der Waals surface area contributed by atoms with Crippen molar-refractivity contribution in [1.82, 2.24) is 9.78 Å². The fourth-order valence-electron chi connectivity index (χ4n) is 5.15. The molecule has 5 rings (SSSR count). The van der Waals surface area contributed by atoms with E-state index in [9.17, 15) is 0 Å². The van der Waals surface area contributed by atoms with Gasteiger partial charge in [0.05, 0.1) is 11.4 Å². The van der Waals surface area contributed by atoms with Gasteiger partial charge in [0.2, 0.25) is 0 Å². The Labute approximate surface area is 102 Å². The van der Waals surface area contributed by atoms with E-state index < -0.39 is 0 Å². The number of hydrogen-bond donors (Lipinski definition) is 1. The highest BCUT2D eigenvalue weighted by Crippen LogP contribution is 2.60. The summed E-state index contributed by atoms with van der Waals surface area (Å²) in [5, 5.41) is 4.65. The Bertz CT molecular complexity index is 420. The minimum absolute atomic E-state index is 0.670. The molecule has 0 atom stereocenters. The van der Waals surface area contributed by atoms with E-state index >= 15 is 0 Å². The first-order chi connectivity index (χ1) is 8.20. The number of nitrogens with zero attached hydrogens (tertiary/aromatic N) is 2. The summed E-state index contributed by atoms with van der Waals surface area (Å²) >= 11 is 0. The molecule has 0 spiro atoms. The van der Waals surface area contributed by atoms with Crippen LogP contribution < -0.4 is 5.73 Å². The maximum absolute atomic E-state index is 6.14. The van der Waals surface area contributed by atoms with E-state index in [1.54, 1.807) is 0 Å². The van der Waals surface area contributed by atoms with Crippen LogP contribution in [0.3, 0.4) is 0 Å². The number of hydrogen-bond acceptors (Lipinski definition) is 2. The van der Waals surface area contributed by atoms with Crippen molar-refractivity contribution in [3.05, 3.63) is 11.9 Å². The minimum atomic E-state index is 0.670. The Balaban J connectivity index is 1.72. The third-order valence-electron chi connectivity index (χ3n) is 5.43. The average molecular weight is 231 g/mol. The smallest absolute Gasteiger partial charge is 0.0890 e. The summed E-state index contributed by atoms with van der Waals surface area (Å²) < 4.78 is 1.88. The molecule has 17 heavy (non-hydrogen) atoms. The molecule has 0 amide bonds. The van der Waals surface area contributed by atoms with Crippen molar-refractivity contribution in [1.29, 1.82) is 0 Å². The van der Waals surface area contributed by atoms with Gasteiger partial charge in [-0.3, -0.25) is 4.68 Å². The summed E-state index contributed by atoms with van der Waals surface area (Å²) in [5.74, 6) is 4.48. The molecule has 4 aliphatic carbocycles. The Morgan fingerprint density at radius 2 is 1.71 bits per heavy atom. The Kier molecular flexibility index (Phi) is 1.92. The second-order valence-electron chi connectivity index (χ2n) is 6.60. The van der Waals surface area contributed by atoms with Gasteiger partial charge in [0.1, 0.15) is 0 Å². The number of aryl methyl sites for hydroxylation is 1. The molecule has 3 nitrogen and oxygen atoms in total. The zero-order valence-electron chi connectivity index (χ0n) is 10.5. The summed E-state index contributed by atoms with van der Waals surface area (Å²) in [4.78, 5) is 0. The Morgan fingerprint density at radius 3 is 2.18 bits per heavy atom. The largest absolute Gasteiger partial charge is 0.396 e. The van der Waals surface area contributed by atoms with Crippen molar-refractivity contribution in [3.63, 3.8) is 0 Å². The van der Waals surface area contributed by atoms with Crippen molar-refractivity contribution >= 4 is 5.69 Å². The van der Waals surface area contributed by atoms with Crippen LogP contribution in [0, 0.1) is 23.7 Å². The maximum Gasteiger partial charge on any atom is 0.0890 e. The highest BCUT2D eigenvalue weighted by Gasteiger charge is 2.49. The van der Waals surface area contributed by atoms with Crippen molar-refractivity contribution in [2.75, 3.05) is 5.73 Å². The number of rotatable bonds is 1. The molecule has 4 saturated carbocycles. The normalized spacial score (nSPS) is 43.2. The van der Waals surface area contributed by atoms with Crippen molar-refractivity contribution < 1.29 is 0 Å². The lowest BCUT2D eigenvalue weighted by atomic mass is 9.51. The standard InChI is InChI=1S/C14H21N3/c1-17-7-12(15)14(16-17)13-10-3-8-2-9(5-10)6-11(13)4-8/h7-11,13H,2-6,15H2,1H3. The van der Waals surface area contributed by atoms with E-state index in [-0.39, 0.29) is 0 Å². The lowest BCUT2D eigenvalue weighted by Crippen LogP contribution is -2.44. The lowest BCUT2D eigenvalue weighted by Gasteiger charge is -2.54. The third-order valence-corrected chi connectivity index (χ3v) is 5.43. The average Bonchev–Trinajstić information content (AvgIpc) is 2.56. The molecule has 0 aliphatic heterocycles. The van der Waals surface area contributed by atoms with E-state index in [0.717, 1.165) is 29.4 Å². The third kappa shape index (κ3) is 1.37. The van der Waals surface area contributed by atoms with Gasteiger partial charge in [-0.15, -0.1) is 0 Å². The molecular formula is C14H21N3. The fraction of sp³-hybridized carbons (Fsp3) is 0.786. The molecule has 4 fully saturated rings. The second kappa shape index (κ2) is 3.27. The maximum atomic E-state index is 6.14. The van der Waals surface area contributed by atoms with E-state index in [4.69, 9.17) is 5.73 Å². The zero-order valence-corrected chi connectivity index (χ0v) is 10.5. The van der Waals surface area contributed by atoms with Crippen LogP contribution in [0.5, 0.6) is 0 Å². The fourth-order valence-corrected chi connectivity index (χ4v) is 5.15. The van der Waals surface area contributed by atoms with Gasteiger partial charge in [0, 0.05) is 19.2 Å². The van der Waals surface area contributed by atoms with Crippen LogP contribution in [0.1, 0.15) is 43.7 Å². The molecule has 1 aromatic rings. The molecule has 1 heterocycles. The quantitative estimate of drug-likeness (QED) is 0.807. The van der Waals surface area contributed by atoms with Gasteiger partial charge >= 0.3 is 0 Å². The van der Waals surface area contributed by atoms with E-state index in [1.807, 2.05) is 17.9 Å². The number of nitrogens with two attached hydrogens (primary N) is 1. The SMILES string of the molecule is Cn1cc(N)c(C2C3CC4CC(C3)CC2C4)n1. The first-order valence-corrected chi connectivity index (χ1v) is 6.99. The summed E-state index contributed by atoms with van der Waals surface area (Å²) in [7, 11) is 1.98. The van der Waals surface area contributed by atoms with Crippen LogP contribution in [-0.2, 0) is 7.05 Å². The monoisotopic (exact) mass is 231 g/mol. The van der Waals surface area contributed by atoms with Crippen molar-refractivity contribution in [3.8, 4) is 0 Å². The molecule has 0 unspecified atom stereocenters. The van der Waals surface area contributed by atoms with Gasteiger partial charge in [-0.05, 0) is 55.8 Å². The van der Waals surface area contributed by atoms with Gasteiger partial charge in [-0.1, -0.05) is 0 Å². The number of nitrogen functional groups attached to an aromatic ring is 1. The molecule has 4 aliphatic rings. The summed E-state index contributed by atoms with van der Waals surface area (Å²) in [6.45, 7) is 0. The molecule has 4 bridgehead atoms. The first kappa shape index (κ1) is 9.98. The molecular weight excluding hydrogens is 210 g/mol. The first-order valence-electron chi connectivity index (χ1n) is 6.99. The molecule has 1 aromatic heterocycles. The lowest BCUT2D eigenvalue weighted by molar-refractivity contribution is -0.00407. The van der Waals surface area contributed by atoms with Gasteiger partial charge in [0.25, 0.3) is 0 Å². The van der Waals surface area contributed by atoms with E-state index in [1.165, 1.54) is 37.8 Å². The minimum Gasteiger partial charge on any atom is -0.396 e. The van der Waals surface area contributed by atoms with Crippen molar-refractivity contribution in [2.45, 2.75) is 38.0 Å². The molecule has 92 valence electrons. The highest BCUT2D eigenvalue weighted by atomic mass is 15.3. The van der Waals surface area contributed by atoms with Crippen LogP contribution in [0.25, 0.3) is 0 Å². The Hall–Kier alpha value is -0.990. The molecule has 0 aromatic carbocycles. The van der Waals surface area contributed by atoms with Crippen LogP contribution in [-0.4, -0.2) is 9.78 Å². The van der Waals surface area contributed by atoms with Gasteiger partial charge < -0.3 is 5.73 Å². The number of aromatic nitrogens is 2.